The largest absolute Gasteiger partial charge is 0.450 e. The zero-order valence-electron chi connectivity index (χ0n) is 7.04. The van der Waals surface area contributed by atoms with E-state index in [2.05, 4.69) is 0 Å². The number of halogens is 3. The first kappa shape index (κ1) is 10.7. The maximum absolute atomic E-state index is 11.8. The van der Waals surface area contributed by atoms with E-state index >= 15 is 0 Å². The third-order valence-electron chi connectivity index (χ3n) is 1.77. The lowest BCUT2D eigenvalue weighted by atomic mass is 10.0. The van der Waals surface area contributed by atoms with Crippen molar-refractivity contribution in [3.63, 3.8) is 0 Å². The Kier molecular flexibility index (Phi) is 2.88. The van der Waals surface area contributed by atoms with E-state index in [-0.39, 0.29) is 0 Å². The Balaban J connectivity index is 2.53. The fourth-order valence-corrected chi connectivity index (χ4v) is 1.02. The van der Waals surface area contributed by atoms with E-state index in [0.717, 1.165) is 0 Å². The smallest absolute Gasteiger partial charge is 0.298 e. The third kappa shape index (κ3) is 2.55. The van der Waals surface area contributed by atoms with Gasteiger partial charge in [-0.1, -0.05) is 24.3 Å². The summed E-state index contributed by atoms with van der Waals surface area (Å²) in [4.78, 5) is 21.5. The van der Waals surface area contributed by atoms with Crippen LogP contribution in [-0.2, 0) is 9.59 Å². The molecular weight excluding hydrogens is 197 g/mol. The van der Waals surface area contributed by atoms with Crippen molar-refractivity contribution < 1.29 is 22.8 Å². The van der Waals surface area contributed by atoms with Crippen molar-refractivity contribution in [2.75, 3.05) is 0 Å². The van der Waals surface area contributed by atoms with E-state index in [1.165, 1.54) is 12.2 Å². The lowest BCUT2D eigenvalue weighted by Gasteiger charge is -2.06. The zero-order valence-corrected chi connectivity index (χ0v) is 7.04. The Morgan fingerprint density at radius 1 is 1.14 bits per heavy atom. The molecule has 0 N–H and O–H groups in total. The molecule has 0 spiro atoms. The normalized spacial score (nSPS) is 16.2. The molecule has 0 heterocycles. The van der Waals surface area contributed by atoms with Gasteiger partial charge in [0.1, 0.15) is 0 Å². The summed E-state index contributed by atoms with van der Waals surface area (Å²) in [6.07, 6.45) is 0.0176. The molecule has 0 atom stereocenters. The van der Waals surface area contributed by atoms with Crippen LogP contribution in [0.4, 0.5) is 13.2 Å². The van der Waals surface area contributed by atoms with Crippen LogP contribution in [0.15, 0.2) is 24.3 Å². The zero-order chi connectivity index (χ0) is 10.8. The van der Waals surface area contributed by atoms with E-state index < -0.39 is 30.1 Å². The SMILES string of the molecule is O=C(CC(=O)C(F)(F)F)C1C=CC=C1. The van der Waals surface area contributed by atoms with Gasteiger partial charge in [-0.2, -0.15) is 13.2 Å². The number of carbonyl (C=O) groups is 2. The van der Waals surface area contributed by atoms with Crippen LogP contribution < -0.4 is 0 Å². The second-order valence-corrected chi connectivity index (χ2v) is 2.86. The number of allylic oxidation sites excluding steroid dienone is 4. The molecule has 0 unspecified atom stereocenters. The predicted molar refractivity (Wildman–Crippen MR) is 42.5 cm³/mol. The number of hydrogen-bond acceptors (Lipinski definition) is 2. The quantitative estimate of drug-likeness (QED) is 0.657. The molecule has 0 saturated heterocycles. The van der Waals surface area contributed by atoms with Crippen molar-refractivity contribution in [3.05, 3.63) is 24.3 Å². The molecule has 76 valence electrons. The van der Waals surface area contributed by atoms with Gasteiger partial charge in [0.15, 0.2) is 5.78 Å². The van der Waals surface area contributed by atoms with Gasteiger partial charge in [0.2, 0.25) is 5.78 Å². The molecule has 2 nitrogen and oxygen atoms in total. The summed E-state index contributed by atoms with van der Waals surface area (Å²) in [7, 11) is 0. The molecular formula is C9H7F3O2. The average Bonchev–Trinajstić information content (AvgIpc) is 2.53. The fourth-order valence-electron chi connectivity index (χ4n) is 1.02. The summed E-state index contributed by atoms with van der Waals surface area (Å²) >= 11 is 0. The molecule has 5 heteroatoms. The Morgan fingerprint density at radius 3 is 2.07 bits per heavy atom. The molecule has 1 aliphatic carbocycles. The molecule has 0 amide bonds. The molecule has 14 heavy (non-hydrogen) atoms. The van der Waals surface area contributed by atoms with Crippen molar-refractivity contribution in [3.8, 4) is 0 Å². The van der Waals surface area contributed by atoms with E-state index in [1.807, 2.05) is 0 Å². The highest BCUT2D eigenvalue weighted by Gasteiger charge is 2.39. The Bertz CT molecular complexity index is 301. The van der Waals surface area contributed by atoms with E-state index in [4.69, 9.17) is 0 Å². The number of alkyl halides is 3. The van der Waals surface area contributed by atoms with Crippen LogP contribution in [0.2, 0.25) is 0 Å². The van der Waals surface area contributed by atoms with Gasteiger partial charge in [-0.25, -0.2) is 0 Å². The molecule has 0 bridgehead atoms. The first-order valence-electron chi connectivity index (χ1n) is 3.89. The van der Waals surface area contributed by atoms with Crippen LogP contribution in [0.5, 0.6) is 0 Å². The highest BCUT2D eigenvalue weighted by molar-refractivity contribution is 6.03. The number of Topliss-reactive ketones (excluding diaryl/α,β-unsaturated/α-hetero) is 2. The van der Waals surface area contributed by atoms with Gasteiger partial charge in [-0.15, -0.1) is 0 Å². The summed E-state index contributed by atoms with van der Waals surface area (Å²) in [5.41, 5.74) is 0. The van der Waals surface area contributed by atoms with Crippen LogP contribution in [-0.4, -0.2) is 17.7 Å². The predicted octanol–water partition coefficient (Wildman–Crippen LogP) is 1.82. The van der Waals surface area contributed by atoms with Gasteiger partial charge in [-0.05, 0) is 0 Å². The highest BCUT2D eigenvalue weighted by atomic mass is 19.4. The van der Waals surface area contributed by atoms with Crippen molar-refractivity contribution in [2.24, 2.45) is 5.92 Å². The second-order valence-electron chi connectivity index (χ2n) is 2.86. The molecule has 1 rings (SSSR count). The summed E-state index contributed by atoms with van der Waals surface area (Å²) in [5, 5.41) is 0. The molecule has 1 aliphatic rings. The topological polar surface area (TPSA) is 34.1 Å². The molecule has 0 saturated carbocycles. The third-order valence-corrected chi connectivity index (χ3v) is 1.77. The molecule has 0 aromatic rings. The first-order valence-corrected chi connectivity index (χ1v) is 3.89. The minimum atomic E-state index is -4.91. The van der Waals surface area contributed by atoms with Gasteiger partial charge in [-0.3, -0.25) is 9.59 Å². The van der Waals surface area contributed by atoms with Crippen LogP contribution in [0.3, 0.4) is 0 Å². The van der Waals surface area contributed by atoms with Gasteiger partial charge in [0, 0.05) is 0 Å². The number of carbonyl (C=O) groups excluding carboxylic acids is 2. The van der Waals surface area contributed by atoms with Crippen molar-refractivity contribution in [1.29, 1.82) is 0 Å². The van der Waals surface area contributed by atoms with Crippen LogP contribution in [0.1, 0.15) is 6.42 Å². The molecule has 0 fully saturated rings. The Labute approximate surface area is 78.1 Å². The lowest BCUT2D eigenvalue weighted by molar-refractivity contribution is -0.171. The van der Waals surface area contributed by atoms with E-state index in [1.54, 1.807) is 12.2 Å². The molecule has 0 aromatic heterocycles. The molecule has 0 radical (unpaired) electrons. The lowest BCUT2D eigenvalue weighted by Crippen LogP contribution is -2.27. The minimum Gasteiger partial charge on any atom is -0.298 e. The van der Waals surface area contributed by atoms with E-state index in [0.29, 0.717) is 0 Å². The number of hydrogen-bond donors (Lipinski definition) is 0. The molecule has 0 aromatic carbocycles. The Hall–Kier alpha value is -1.39. The van der Waals surface area contributed by atoms with Gasteiger partial charge in [0.05, 0.1) is 12.3 Å². The van der Waals surface area contributed by atoms with Crippen molar-refractivity contribution in [1.82, 2.24) is 0 Å². The van der Waals surface area contributed by atoms with Crippen molar-refractivity contribution in [2.45, 2.75) is 12.6 Å². The first-order chi connectivity index (χ1) is 6.41. The second kappa shape index (κ2) is 3.77. The summed E-state index contributed by atoms with van der Waals surface area (Å²) in [5.74, 6) is -3.39. The maximum Gasteiger partial charge on any atom is 0.450 e. The highest BCUT2D eigenvalue weighted by Crippen LogP contribution is 2.20. The average molecular weight is 204 g/mol. The summed E-state index contributed by atoms with van der Waals surface area (Å²) in [6.45, 7) is 0. The van der Waals surface area contributed by atoms with Gasteiger partial charge in [0.25, 0.3) is 0 Å². The monoisotopic (exact) mass is 204 g/mol. The van der Waals surface area contributed by atoms with Crippen LogP contribution >= 0.6 is 0 Å². The Morgan fingerprint density at radius 2 is 1.64 bits per heavy atom. The fraction of sp³-hybridized carbons (Fsp3) is 0.333. The maximum atomic E-state index is 11.8. The van der Waals surface area contributed by atoms with Gasteiger partial charge < -0.3 is 0 Å². The van der Waals surface area contributed by atoms with Crippen molar-refractivity contribution >= 4 is 11.6 Å². The number of rotatable bonds is 3. The van der Waals surface area contributed by atoms with Crippen LogP contribution in [0.25, 0.3) is 0 Å². The molecule has 0 aliphatic heterocycles. The van der Waals surface area contributed by atoms with Crippen LogP contribution in [0, 0.1) is 5.92 Å². The summed E-state index contributed by atoms with van der Waals surface area (Å²) in [6, 6.07) is 0. The number of ketones is 2. The summed E-state index contributed by atoms with van der Waals surface area (Å²) < 4.78 is 35.3. The standard InChI is InChI=1S/C9H7F3O2/c10-9(11,12)8(14)5-7(13)6-3-1-2-4-6/h1-4,6H,5H2. The van der Waals surface area contributed by atoms with Gasteiger partial charge >= 0.3 is 6.18 Å². The minimum absolute atomic E-state index is 0.679. The van der Waals surface area contributed by atoms with E-state index in [9.17, 15) is 22.8 Å².